The van der Waals surface area contributed by atoms with E-state index >= 15 is 0 Å². The molecule has 0 aromatic heterocycles. The van der Waals surface area contributed by atoms with E-state index in [4.69, 9.17) is 16.3 Å². The number of hydrogen-bond donors (Lipinski definition) is 2. The lowest BCUT2D eigenvalue weighted by Crippen LogP contribution is -2.37. The van der Waals surface area contributed by atoms with E-state index in [2.05, 4.69) is 5.32 Å². The van der Waals surface area contributed by atoms with Gasteiger partial charge in [-0.25, -0.2) is 4.79 Å². The number of rotatable bonds is 5. The molecule has 0 saturated heterocycles. The first-order valence-corrected chi connectivity index (χ1v) is 7.35. The molecule has 5 heteroatoms. The third-order valence-corrected chi connectivity index (χ3v) is 3.46. The third kappa shape index (κ3) is 4.76. The van der Waals surface area contributed by atoms with E-state index in [9.17, 15) is 9.90 Å². The van der Waals surface area contributed by atoms with Gasteiger partial charge < -0.3 is 15.2 Å². The van der Waals surface area contributed by atoms with Crippen LogP contribution in [0.5, 0.6) is 0 Å². The molecule has 22 heavy (non-hydrogen) atoms. The molecule has 0 fully saturated rings. The smallest absolute Gasteiger partial charge is 0.407 e. The van der Waals surface area contributed by atoms with Gasteiger partial charge in [-0.3, -0.25) is 0 Å². The molecular weight excluding hydrogens is 302 g/mol. The summed E-state index contributed by atoms with van der Waals surface area (Å²) in [5, 5.41) is 13.4. The van der Waals surface area contributed by atoms with Crippen molar-refractivity contribution in [3.63, 3.8) is 0 Å². The van der Waals surface area contributed by atoms with Crippen LogP contribution >= 0.6 is 11.6 Å². The van der Waals surface area contributed by atoms with Crippen LogP contribution in [0.2, 0.25) is 5.02 Å². The van der Waals surface area contributed by atoms with Crippen LogP contribution in [-0.4, -0.2) is 17.2 Å². The van der Waals surface area contributed by atoms with E-state index in [1.807, 2.05) is 30.3 Å². The predicted molar refractivity (Wildman–Crippen MR) is 85.6 cm³/mol. The monoisotopic (exact) mass is 319 g/mol. The largest absolute Gasteiger partial charge is 0.445 e. The second kappa shape index (κ2) is 7.82. The maximum atomic E-state index is 11.8. The number of nitrogens with one attached hydrogen (secondary N) is 1. The molecule has 4 nitrogen and oxygen atoms in total. The van der Waals surface area contributed by atoms with Crippen molar-refractivity contribution in [2.45, 2.75) is 25.7 Å². The average molecular weight is 320 g/mol. The molecule has 2 atom stereocenters. The highest BCUT2D eigenvalue weighted by Gasteiger charge is 2.19. The lowest BCUT2D eigenvalue weighted by atomic mass is 10.0. The van der Waals surface area contributed by atoms with Crippen molar-refractivity contribution in [3.8, 4) is 0 Å². The molecule has 2 unspecified atom stereocenters. The number of carbonyl (C=O) groups excluding carboxylic acids is 1. The fraction of sp³-hybridized carbons (Fsp3) is 0.235. The van der Waals surface area contributed by atoms with Gasteiger partial charge in [0.15, 0.2) is 0 Å². The summed E-state index contributed by atoms with van der Waals surface area (Å²) in [5.74, 6) is 0. The minimum absolute atomic E-state index is 0.187. The van der Waals surface area contributed by atoms with Gasteiger partial charge in [-0.15, -0.1) is 0 Å². The zero-order chi connectivity index (χ0) is 15.9. The quantitative estimate of drug-likeness (QED) is 0.883. The first-order valence-electron chi connectivity index (χ1n) is 6.97. The molecule has 2 aromatic carbocycles. The van der Waals surface area contributed by atoms with E-state index < -0.39 is 18.2 Å². The van der Waals surface area contributed by atoms with Gasteiger partial charge in [0, 0.05) is 5.02 Å². The average Bonchev–Trinajstić information content (AvgIpc) is 2.53. The zero-order valence-electron chi connectivity index (χ0n) is 12.2. The molecule has 0 aliphatic rings. The van der Waals surface area contributed by atoms with Crippen LogP contribution in [0.25, 0.3) is 0 Å². The van der Waals surface area contributed by atoms with Gasteiger partial charge in [0.1, 0.15) is 6.61 Å². The van der Waals surface area contributed by atoms with Gasteiger partial charge in [-0.2, -0.15) is 0 Å². The topological polar surface area (TPSA) is 58.6 Å². The van der Waals surface area contributed by atoms with E-state index in [1.165, 1.54) is 0 Å². The molecule has 2 rings (SSSR count). The fourth-order valence-electron chi connectivity index (χ4n) is 2.01. The summed E-state index contributed by atoms with van der Waals surface area (Å²) in [7, 11) is 0. The Morgan fingerprint density at radius 1 is 1.23 bits per heavy atom. The van der Waals surface area contributed by atoms with Gasteiger partial charge in [-0.1, -0.05) is 54.1 Å². The number of aliphatic hydroxyl groups is 1. The van der Waals surface area contributed by atoms with E-state index in [-0.39, 0.29) is 6.61 Å². The maximum Gasteiger partial charge on any atom is 0.407 e. The molecule has 0 aliphatic carbocycles. The molecule has 0 aliphatic heterocycles. The van der Waals surface area contributed by atoms with Gasteiger partial charge in [0.25, 0.3) is 0 Å². The van der Waals surface area contributed by atoms with Crippen LogP contribution in [0.3, 0.4) is 0 Å². The van der Waals surface area contributed by atoms with Crippen molar-refractivity contribution < 1.29 is 14.6 Å². The molecule has 1 amide bonds. The Kier molecular flexibility index (Phi) is 5.81. The summed E-state index contributed by atoms with van der Waals surface area (Å²) in [6, 6.07) is 15.8. The molecule has 0 spiro atoms. The number of carbonyl (C=O) groups is 1. The molecule has 0 heterocycles. The number of benzene rings is 2. The van der Waals surface area contributed by atoms with Gasteiger partial charge in [0.05, 0.1) is 12.1 Å². The zero-order valence-corrected chi connectivity index (χ0v) is 13.0. The second-order valence-electron chi connectivity index (χ2n) is 4.99. The Bertz CT molecular complexity index is 618. The summed E-state index contributed by atoms with van der Waals surface area (Å²) >= 11 is 5.89. The second-order valence-corrected chi connectivity index (χ2v) is 5.43. The predicted octanol–water partition coefficient (Wildman–Crippen LogP) is 3.69. The van der Waals surface area contributed by atoms with E-state index in [0.717, 1.165) is 5.56 Å². The van der Waals surface area contributed by atoms with Crippen LogP contribution in [-0.2, 0) is 11.3 Å². The number of alkyl carbamates (subject to hydrolysis) is 1. The minimum Gasteiger partial charge on any atom is -0.445 e. The van der Waals surface area contributed by atoms with Crippen LogP contribution in [0.4, 0.5) is 4.79 Å². The first kappa shape index (κ1) is 16.3. The number of ether oxygens (including phenoxy) is 1. The van der Waals surface area contributed by atoms with Crippen molar-refractivity contribution in [3.05, 3.63) is 70.7 Å². The van der Waals surface area contributed by atoms with Crippen molar-refractivity contribution in [2.24, 2.45) is 0 Å². The lowest BCUT2D eigenvalue weighted by molar-refractivity contribution is 0.106. The minimum atomic E-state index is -0.858. The fourth-order valence-corrected chi connectivity index (χ4v) is 2.21. The van der Waals surface area contributed by atoms with E-state index in [1.54, 1.807) is 31.2 Å². The number of aliphatic hydroxyl groups excluding tert-OH is 1. The van der Waals surface area contributed by atoms with Crippen LogP contribution < -0.4 is 5.32 Å². The lowest BCUT2D eigenvalue weighted by Gasteiger charge is -2.20. The highest BCUT2D eigenvalue weighted by atomic mass is 35.5. The normalized spacial score (nSPS) is 13.2. The maximum absolute atomic E-state index is 11.8. The summed E-state index contributed by atoms with van der Waals surface area (Å²) in [6.07, 6.45) is -1.43. The summed E-state index contributed by atoms with van der Waals surface area (Å²) < 4.78 is 5.12. The summed E-state index contributed by atoms with van der Waals surface area (Å²) in [5.41, 5.74) is 1.55. The van der Waals surface area contributed by atoms with Crippen molar-refractivity contribution in [2.75, 3.05) is 0 Å². The molecule has 0 bridgehead atoms. The van der Waals surface area contributed by atoms with Crippen molar-refractivity contribution in [1.82, 2.24) is 5.32 Å². The third-order valence-electron chi connectivity index (χ3n) is 3.22. The molecule has 2 N–H and O–H groups in total. The van der Waals surface area contributed by atoms with Crippen LogP contribution in [0, 0.1) is 0 Å². The molecule has 0 saturated carbocycles. The van der Waals surface area contributed by atoms with Crippen molar-refractivity contribution >= 4 is 17.7 Å². The van der Waals surface area contributed by atoms with Gasteiger partial charge in [0.2, 0.25) is 0 Å². The molecular formula is C17H18ClNO3. The van der Waals surface area contributed by atoms with Gasteiger partial charge >= 0.3 is 6.09 Å². The standard InChI is InChI=1S/C17H18ClNO3/c1-12(16(20)14-8-5-9-15(18)10-14)19-17(21)22-11-13-6-3-2-4-7-13/h2-10,12,16,20H,11H2,1H3,(H,19,21). The van der Waals surface area contributed by atoms with Crippen LogP contribution in [0.15, 0.2) is 54.6 Å². The summed E-state index contributed by atoms with van der Waals surface area (Å²) in [6.45, 7) is 1.89. The Balaban J connectivity index is 1.85. The van der Waals surface area contributed by atoms with Gasteiger partial charge in [-0.05, 0) is 30.2 Å². The first-order chi connectivity index (χ1) is 10.6. The summed E-state index contributed by atoms with van der Waals surface area (Å²) in [4.78, 5) is 11.8. The number of hydrogen-bond acceptors (Lipinski definition) is 3. The number of amides is 1. The van der Waals surface area contributed by atoms with Crippen molar-refractivity contribution in [1.29, 1.82) is 0 Å². The SMILES string of the molecule is CC(NC(=O)OCc1ccccc1)C(O)c1cccc(Cl)c1. The molecule has 116 valence electrons. The Morgan fingerprint density at radius 2 is 1.95 bits per heavy atom. The number of halogens is 1. The Morgan fingerprint density at radius 3 is 2.64 bits per heavy atom. The van der Waals surface area contributed by atoms with Crippen LogP contribution in [0.1, 0.15) is 24.2 Å². The highest BCUT2D eigenvalue weighted by Crippen LogP contribution is 2.20. The Labute approximate surface area is 134 Å². The van der Waals surface area contributed by atoms with E-state index in [0.29, 0.717) is 10.6 Å². The molecule has 0 radical (unpaired) electrons. The Hall–Kier alpha value is -2.04. The molecule has 2 aromatic rings. The highest BCUT2D eigenvalue weighted by molar-refractivity contribution is 6.30.